The molecule has 27 heavy (non-hydrogen) atoms. The number of carbonyl (C=O) groups is 2. The Kier molecular flexibility index (Phi) is 6.35. The molecule has 5 nitrogen and oxygen atoms in total. The Hall–Kier alpha value is -2.53. The van der Waals surface area contributed by atoms with Gasteiger partial charge in [0.15, 0.2) is 0 Å². The highest BCUT2D eigenvalue weighted by Crippen LogP contribution is 2.18. The predicted molar refractivity (Wildman–Crippen MR) is 105 cm³/mol. The van der Waals surface area contributed by atoms with Crippen molar-refractivity contribution in [1.29, 1.82) is 0 Å². The molecule has 2 aromatic carbocycles. The number of amides is 2. The van der Waals surface area contributed by atoms with E-state index in [1.54, 1.807) is 18.1 Å². The lowest BCUT2D eigenvalue weighted by atomic mass is 10.1. The Morgan fingerprint density at radius 3 is 2.52 bits per heavy atom. The molecule has 0 spiro atoms. The molecule has 1 fully saturated rings. The van der Waals surface area contributed by atoms with Crippen molar-refractivity contribution in [3.8, 4) is 5.75 Å². The van der Waals surface area contributed by atoms with E-state index in [2.05, 4.69) is 0 Å². The maximum absolute atomic E-state index is 12.6. The van der Waals surface area contributed by atoms with Gasteiger partial charge in [-0.3, -0.25) is 9.59 Å². The number of ether oxygens (including phenoxy) is 1. The molecule has 1 aliphatic rings. The third kappa shape index (κ3) is 5.01. The first-order valence-corrected chi connectivity index (χ1v) is 9.36. The number of nitrogens with zero attached hydrogens (tertiary/aromatic N) is 2. The van der Waals surface area contributed by atoms with Crippen LogP contribution in [0.15, 0.2) is 48.5 Å². The normalized spacial score (nSPS) is 14.8. The molecule has 2 aromatic rings. The van der Waals surface area contributed by atoms with E-state index in [0.717, 1.165) is 16.9 Å². The van der Waals surface area contributed by atoms with Crippen LogP contribution in [-0.2, 0) is 22.6 Å². The Balaban J connectivity index is 1.60. The number of benzene rings is 2. The number of carbonyl (C=O) groups excluding carboxylic acids is 2. The molecule has 0 N–H and O–H groups in total. The topological polar surface area (TPSA) is 49.9 Å². The van der Waals surface area contributed by atoms with Crippen molar-refractivity contribution >= 4 is 23.4 Å². The van der Waals surface area contributed by atoms with Crippen LogP contribution in [0, 0.1) is 0 Å². The molecule has 6 heteroatoms. The van der Waals surface area contributed by atoms with Gasteiger partial charge in [-0.2, -0.15) is 0 Å². The largest absolute Gasteiger partial charge is 0.497 e. The molecule has 0 bridgehead atoms. The average Bonchev–Trinajstić information content (AvgIpc) is 2.86. The van der Waals surface area contributed by atoms with Crippen LogP contribution in [0.2, 0.25) is 5.02 Å². The number of hydrogen-bond donors (Lipinski definition) is 0. The van der Waals surface area contributed by atoms with Crippen LogP contribution in [0.5, 0.6) is 5.75 Å². The summed E-state index contributed by atoms with van der Waals surface area (Å²) >= 11 is 6.16. The SMILES string of the molecule is COc1ccc(CN2CCN(C(=O)Cc3ccccc3Cl)CCC2=O)cc1. The summed E-state index contributed by atoms with van der Waals surface area (Å²) in [7, 11) is 1.63. The van der Waals surface area contributed by atoms with Crippen molar-refractivity contribution in [2.24, 2.45) is 0 Å². The Morgan fingerprint density at radius 1 is 1.07 bits per heavy atom. The summed E-state index contributed by atoms with van der Waals surface area (Å²) in [5, 5.41) is 0.595. The summed E-state index contributed by atoms with van der Waals surface area (Å²) in [6.07, 6.45) is 0.594. The zero-order chi connectivity index (χ0) is 19.2. The molecule has 0 radical (unpaired) electrons. The van der Waals surface area contributed by atoms with Crippen LogP contribution >= 0.6 is 11.6 Å². The Bertz CT molecular complexity index is 807. The number of rotatable bonds is 5. The highest BCUT2D eigenvalue weighted by atomic mass is 35.5. The second-order valence-corrected chi connectivity index (χ2v) is 6.97. The zero-order valence-corrected chi connectivity index (χ0v) is 16.1. The number of methoxy groups -OCH3 is 1. The first-order valence-electron chi connectivity index (χ1n) is 8.98. The third-order valence-electron chi connectivity index (χ3n) is 4.77. The van der Waals surface area contributed by atoms with Gasteiger partial charge in [0, 0.05) is 37.6 Å². The summed E-state index contributed by atoms with van der Waals surface area (Å²) < 4.78 is 5.16. The molecule has 0 aliphatic carbocycles. The molecular weight excluding hydrogens is 364 g/mol. The van der Waals surface area contributed by atoms with E-state index >= 15 is 0 Å². The Morgan fingerprint density at radius 2 is 1.81 bits per heavy atom. The van der Waals surface area contributed by atoms with Crippen molar-refractivity contribution in [2.75, 3.05) is 26.7 Å². The summed E-state index contributed by atoms with van der Waals surface area (Å²) in [5.74, 6) is 0.860. The zero-order valence-electron chi connectivity index (χ0n) is 15.4. The molecule has 3 rings (SSSR count). The minimum atomic E-state index is 0.00203. The summed E-state index contributed by atoms with van der Waals surface area (Å²) in [4.78, 5) is 28.7. The van der Waals surface area contributed by atoms with Gasteiger partial charge >= 0.3 is 0 Å². The quantitative estimate of drug-likeness (QED) is 0.793. The van der Waals surface area contributed by atoms with Gasteiger partial charge in [0.1, 0.15) is 5.75 Å². The van der Waals surface area contributed by atoms with E-state index in [9.17, 15) is 9.59 Å². The molecule has 1 saturated heterocycles. The molecule has 142 valence electrons. The van der Waals surface area contributed by atoms with Gasteiger partial charge in [0.25, 0.3) is 0 Å². The standard InChI is InChI=1S/C21H23ClN2O3/c1-27-18-8-6-16(7-9-18)15-24-13-12-23(11-10-20(24)25)21(26)14-17-4-2-3-5-19(17)22/h2-9H,10-15H2,1H3. The van der Waals surface area contributed by atoms with Crippen molar-refractivity contribution in [3.63, 3.8) is 0 Å². The average molecular weight is 387 g/mol. The summed E-state index contributed by atoms with van der Waals surface area (Å²) in [5.41, 5.74) is 1.86. The minimum Gasteiger partial charge on any atom is -0.497 e. The number of halogens is 1. The van der Waals surface area contributed by atoms with Crippen LogP contribution in [0.3, 0.4) is 0 Å². The van der Waals surface area contributed by atoms with E-state index in [1.807, 2.05) is 47.4 Å². The Labute approximate surface area is 164 Å². The fraction of sp³-hybridized carbons (Fsp3) is 0.333. The lowest BCUT2D eigenvalue weighted by Crippen LogP contribution is -2.36. The monoisotopic (exact) mass is 386 g/mol. The second-order valence-electron chi connectivity index (χ2n) is 6.56. The molecule has 1 aliphatic heterocycles. The van der Waals surface area contributed by atoms with Crippen LogP contribution in [0.4, 0.5) is 0 Å². The molecule has 0 saturated carbocycles. The lowest BCUT2D eigenvalue weighted by molar-refractivity contribution is -0.130. The molecular formula is C21H23ClN2O3. The fourth-order valence-electron chi connectivity index (χ4n) is 3.15. The van der Waals surface area contributed by atoms with Gasteiger partial charge < -0.3 is 14.5 Å². The van der Waals surface area contributed by atoms with Gasteiger partial charge in [-0.05, 0) is 29.3 Å². The van der Waals surface area contributed by atoms with Gasteiger partial charge in [-0.15, -0.1) is 0 Å². The van der Waals surface area contributed by atoms with Gasteiger partial charge in [-0.1, -0.05) is 41.9 Å². The molecule has 2 amide bonds. The van der Waals surface area contributed by atoms with Gasteiger partial charge in [-0.25, -0.2) is 0 Å². The van der Waals surface area contributed by atoms with E-state index < -0.39 is 0 Å². The highest BCUT2D eigenvalue weighted by molar-refractivity contribution is 6.31. The maximum Gasteiger partial charge on any atom is 0.227 e. The lowest BCUT2D eigenvalue weighted by Gasteiger charge is -2.22. The smallest absolute Gasteiger partial charge is 0.227 e. The van der Waals surface area contributed by atoms with Crippen molar-refractivity contribution < 1.29 is 14.3 Å². The van der Waals surface area contributed by atoms with Crippen LogP contribution in [0.1, 0.15) is 17.5 Å². The first-order chi connectivity index (χ1) is 13.1. The maximum atomic E-state index is 12.6. The van der Waals surface area contributed by atoms with Crippen molar-refractivity contribution in [3.05, 3.63) is 64.7 Å². The number of hydrogen-bond acceptors (Lipinski definition) is 3. The van der Waals surface area contributed by atoms with Gasteiger partial charge in [0.05, 0.1) is 13.5 Å². The second kappa shape index (κ2) is 8.91. The van der Waals surface area contributed by atoms with Crippen molar-refractivity contribution in [1.82, 2.24) is 9.80 Å². The van der Waals surface area contributed by atoms with E-state index in [4.69, 9.17) is 16.3 Å². The predicted octanol–water partition coefficient (Wildman–Crippen LogP) is 3.15. The molecule has 1 heterocycles. The first kappa shape index (κ1) is 19.2. The molecule has 0 aromatic heterocycles. The van der Waals surface area contributed by atoms with Crippen LogP contribution in [-0.4, -0.2) is 48.4 Å². The summed E-state index contributed by atoms with van der Waals surface area (Å²) in [6.45, 7) is 2.04. The van der Waals surface area contributed by atoms with E-state index in [-0.39, 0.29) is 18.2 Å². The van der Waals surface area contributed by atoms with E-state index in [0.29, 0.717) is 37.6 Å². The fourth-order valence-corrected chi connectivity index (χ4v) is 3.35. The van der Waals surface area contributed by atoms with Crippen molar-refractivity contribution in [2.45, 2.75) is 19.4 Å². The molecule has 0 unspecified atom stereocenters. The van der Waals surface area contributed by atoms with Gasteiger partial charge in [0.2, 0.25) is 11.8 Å². The van der Waals surface area contributed by atoms with E-state index in [1.165, 1.54) is 0 Å². The third-order valence-corrected chi connectivity index (χ3v) is 5.14. The molecule has 0 atom stereocenters. The minimum absolute atomic E-state index is 0.00203. The summed E-state index contributed by atoms with van der Waals surface area (Å²) in [6, 6.07) is 15.0. The highest BCUT2D eigenvalue weighted by Gasteiger charge is 2.24. The van der Waals surface area contributed by atoms with Crippen LogP contribution in [0.25, 0.3) is 0 Å². The van der Waals surface area contributed by atoms with Crippen LogP contribution < -0.4 is 4.74 Å².